The minimum absolute atomic E-state index is 0.0872. The van der Waals surface area contributed by atoms with E-state index in [1.54, 1.807) is 12.1 Å². The molecule has 3 aromatic rings. The lowest BCUT2D eigenvalue weighted by atomic mass is 9.87. The molecule has 2 aromatic heterocycles. The molecule has 2 fully saturated rings. The van der Waals surface area contributed by atoms with E-state index in [2.05, 4.69) is 30.8 Å². The highest BCUT2D eigenvalue weighted by atomic mass is 16.5. The van der Waals surface area contributed by atoms with Crippen LogP contribution in [0.2, 0.25) is 0 Å². The van der Waals surface area contributed by atoms with E-state index in [1.165, 1.54) is 19.3 Å². The predicted molar refractivity (Wildman–Crippen MR) is 96.8 cm³/mol. The van der Waals surface area contributed by atoms with Gasteiger partial charge < -0.3 is 9.84 Å². The molecule has 27 heavy (non-hydrogen) atoms. The van der Waals surface area contributed by atoms with Crippen LogP contribution in [0.15, 0.2) is 30.3 Å². The first kappa shape index (κ1) is 16.2. The zero-order valence-corrected chi connectivity index (χ0v) is 14.7. The number of phenols is 1. The number of aromatic amines is 1. The van der Waals surface area contributed by atoms with Crippen LogP contribution in [-0.2, 0) is 0 Å². The third-order valence-corrected chi connectivity index (χ3v) is 5.65. The molecule has 138 valence electrons. The minimum atomic E-state index is 0.0872. The summed E-state index contributed by atoms with van der Waals surface area (Å²) >= 11 is 0. The van der Waals surface area contributed by atoms with Crippen molar-refractivity contribution in [3.8, 4) is 34.3 Å². The Hall–Kier alpha value is -3.03. The standard InChI is InChI=1S/C19H20N6O2/c26-17-10-13(19-22-24-25-23-19)3-4-15(17)16-5-6-18(21-20-16)27-14-8-11-1-2-12(7-11)9-14/h3-6,10-12,14,26H,1-2,7-9H2,(H,22,23,24,25)/t11-,12?,14?/m0/s1. The van der Waals surface area contributed by atoms with E-state index in [0.717, 1.165) is 24.7 Å². The lowest BCUT2D eigenvalue weighted by Crippen LogP contribution is -2.26. The monoisotopic (exact) mass is 364 g/mol. The number of tetrazole rings is 1. The number of phenolic OH excluding ortho intramolecular Hbond substituents is 1. The van der Waals surface area contributed by atoms with Crippen molar-refractivity contribution in [2.45, 2.75) is 38.2 Å². The molecular weight excluding hydrogens is 344 g/mol. The Kier molecular flexibility index (Phi) is 3.95. The topological polar surface area (TPSA) is 110 Å². The van der Waals surface area contributed by atoms with Crippen LogP contribution in [0, 0.1) is 11.8 Å². The van der Waals surface area contributed by atoms with Crippen LogP contribution >= 0.6 is 0 Å². The molecule has 2 aliphatic carbocycles. The number of rotatable bonds is 4. The molecule has 0 radical (unpaired) electrons. The number of hydrogen-bond donors (Lipinski definition) is 2. The summed E-state index contributed by atoms with van der Waals surface area (Å²) in [7, 11) is 0. The Morgan fingerprint density at radius 1 is 0.963 bits per heavy atom. The molecular formula is C19H20N6O2. The maximum Gasteiger partial charge on any atom is 0.233 e. The first-order valence-electron chi connectivity index (χ1n) is 9.32. The summed E-state index contributed by atoms with van der Waals surface area (Å²) in [5.41, 5.74) is 1.85. The molecule has 2 heterocycles. The average molecular weight is 364 g/mol. The average Bonchev–Trinajstić information content (AvgIpc) is 3.32. The lowest BCUT2D eigenvalue weighted by molar-refractivity contribution is 0.113. The molecule has 2 bridgehead atoms. The summed E-state index contributed by atoms with van der Waals surface area (Å²) in [6.07, 6.45) is 6.54. The third-order valence-electron chi connectivity index (χ3n) is 5.65. The molecule has 2 N–H and O–H groups in total. The molecule has 8 heteroatoms. The number of aromatic hydroxyl groups is 1. The van der Waals surface area contributed by atoms with E-state index >= 15 is 0 Å². The number of benzene rings is 1. The lowest BCUT2D eigenvalue weighted by Gasteiger charge is -2.27. The Morgan fingerprint density at radius 3 is 2.48 bits per heavy atom. The van der Waals surface area contributed by atoms with Gasteiger partial charge >= 0.3 is 0 Å². The number of aromatic nitrogens is 6. The summed E-state index contributed by atoms with van der Waals surface area (Å²) in [5, 5.41) is 32.5. The highest BCUT2D eigenvalue weighted by Crippen LogP contribution is 2.43. The van der Waals surface area contributed by atoms with Gasteiger partial charge in [-0.3, -0.25) is 0 Å². The highest BCUT2D eigenvalue weighted by Gasteiger charge is 2.35. The number of hydrogen-bond acceptors (Lipinski definition) is 7. The van der Waals surface area contributed by atoms with Crippen molar-refractivity contribution in [2.75, 3.05) is 0 Å². The van der Waals surface area contributed by atoms with Gasteiger partial charge in [0.1, 0.15) is 11.9 Å². The summed E-state index contributed by atoms with van der Waals surface area (Å²) in [6.45, 7) is 0. The summed E-state index contributed by atoms with van der Waals surface area (Å²) in [4.78, 5) is 0. The van der Waals surface area contributed by atoms with Crippen molar-refractivity contribution < 1.29 is 9.84 Å². The zero-order chi connectivity index (χ0) is 18.2. The summed E-state index contributed by atoms with van der Waals surface area (Å²) in [5.74, 6) is 2.69. The molecule has 0 amide bonds. The van der Waals surface area contributed by atoms with Crippen molar-refractivity contribution in [2.24, 2.45) is 11.8 Å². The van der Waals surface area contributed by atoms with Crippen LogP contribution in [-0.4, -0.2) is 42.0 Å². The maximum absolute atomic E-state index is 10.4. The van der Waals surface area contributed by atoms with Gasteiger partial charge in [0.25, 0.3) is 0 Å². The normalized spacial score (nSPS) is 24.1. The fraction of sp³-hybridized carbons (Fsp3) is 0.421. The van der Waals surface area contributed by atoms with E-state index in [1.807, 2.05) is 18.2 Å². The molecule has 2 aliphatic rings. The van der Waals surface area contributed by atoms with Crippen LogP contribution < -0.4 is 4.74 Å². The number of nitrogens with zero attached hydrogens (tertiary/aromatic N) is 5. The molecule has 2 saturated carbocycles. The molecule has 0 aliphatic heterocycles. The van der Waals surface area contributed by atoms with Gasteiger partial charge in [0.15, 0.2) is 0 Å². The van der Waals surface area contributed by atoms with Gasteiger partial charge in [-0.05, 0) is 54.5 Å². The van der Waals surface area contributed by atoms with E-state index in [0.29, 0.717) is 28.5 Å². The van der Waals surface area contributed by atoms with Gasteiger partial charge in [-0.1, -0.05) is 18.9 Å². The Morgan fingerprint density at radius 2 is 1.81 bits per heavy atom. The van der Waals surface area contributed by atoms with Gasteiger partial charge in [0, 0.05) is 17.2 Å². The second kappa shape index (κ2) is 6.61. The fourth-order valence-corrected chi connectivity index (χ4v) is 4.41. The first-order valence-corrected chi connectivity index (χ1v) is 9.32. The molecule has 1 aromatic carbocycles. The van der Waals surface area contributed by atoms with Gasteiger partial charge in [-0.15, -0.1) is 20.4 Å². The quantitative estimate of drug-likeness (QED) is 0.732. The van der Waals surface area contributed by atoms with Crippen LogP contribution in [0.1, 0.15) is 32.1 Å². The van der Waals surface area contributed by atoms with Crippen LogP contribution in [0.4, 0.5) is 0 Å². The zero-order valence-electron chi connectivity index (χ0n) is 14.7. The Balaban J connectivity index is 1.31. The van der Waals surface area contributed by atoms with Crippen LogP contribution in [0.3, 0.4) is 0 Å². The highest BCUT2D eigenvalue weighted by molar-refractivity contribution is 5.71. The van der Waals surface area contributed by atoms with Gasteiger partial charge in [-0.2, -0.15) is 5.21 Å². The number of fused-ring (bicyclic) bond motifs is 2. The van der Waals surface area contributed by atoms with Crippen LogP contribution in [0.25, 0.3) is 22.6 Å². The maximum atomic E-state index is 10.4. The van der Waals surface area contributed by atoms with E-state index < -0.39 is 0 Å². The molecule has 8 nitrogen and oxygen atoms in total. The molecule has 0 saturated heterocycles. The summed E-state index contributed by atoms with van der Waals surface area (Å²) < 4.78 is 6.06. The van der Waals surface area contributed by atoms with E-state index in [9.17, 15) is 5.11 Å². The second-order valence-electron chi connectivity index (χ2n) is 7.48. The Labute approximate surface area is 156 Å². The van der Waals surface area contributed by atoms with E-state index in [-0.39, 0.29) is 11.9 Å². The van der Waals surface area contributed by atoms with Crippen molar-refractivity contribution in [1.82, 2.24) is 30.8 Å². The van der Waals surface area contributed by atoms with Crippen molar-refractivity contribution in [1.29, 1.82) is 0 Å². The Bertz CT molecular complexity index is 916. The van der Waals surface area contributed by atoms with Crippen molar-refractivity contribution in [3.63, 3.8) is 0 Å². The van der Waals surface area contributed by atoms with E-state index in [4.69, 9.17) is 4.74 Å². The van der Waals surface area contributed by atoms with Crippen LogP contribution in [0.5, 0.6) is 11.6 Å². The minimum Gasteiger partial charge on any atom is -0.507 e. The van der Waals surface area contributed by atoms with Gasteiger partial charge in [-0.25, -0.2) is 0 Å². The van der Waals surface area contributed by atoms with Gasteiger partial charge in [0.2, 0.25) is 11.7 Å². The predicted octanol–water partition coefficient (Wildman–Crippen LogP) is 2.99. The second-order valence-corrected chi connectivity index (χ2v) is 7.48. The third kappa shape index (κ3) is 3.22. The summed E-state index contributed by atoms with van der Waals surface area (Å²) in [6, 6.07) is 8.81. The molecule has 5 rings (SSSR count). The number of H-pyrrole nitrogens is 1. The molecule has 0 spiro atoms. The number of ether oxygens (including phenoxy) is 1. The van der Waals surface area contributed by atoms with Gasteiger partial charge in [0.05, 0.1) is 5.69 Å². The first-order chi connectivity index (χ1) is 13.2. The van der Waals surface area contributed by atoms with Crippen molar-refractivity contribution in [3.05, 3.63) is 30.3 Å². The smallest absolute Gasteiger partial charge is 0.233 e. The molecule has 3 atom stereocenters. The van der Waals surface area contributed by atoms with Crippen molar-refractivity contribution >= 4 is 0 Å². The molecule has 2 unspecified atom stereocenters. The number of nitrogens with one attached hydrogen (secondary N) is 1. The SMILES string of the molecule is Oc1cc(-c2nn[nH]n2)ccc1-c1ccc(OC2CC3CC[C@@H](C3)C2)nn1. The largest absolute Gasteiger partial charge is 0.507 e. The fourth-order valence-electron chi connectivity index (χ4n) is 4.41.